The molecule has 7 nitrogen and oxygen atoms in total. The normalized spacial score (nSPS) is 23.6. The maximum absolute atomic E-state index is 10.6. The van der Waals surface area contributed by atoms with Crippen molar-refractivity contribution in [3.8, 4) is 0 Å². The number of ether oxygens (including phenoxy) is 1. The molecule has 2 fully saturated rings. The minimum absolute atomic E-state index is 0.0122. The predicted octanol–water partition coefficient (Wildman–Crippen LogP) is 3.60. The minimum atomic E-state index is -5.08. The molecule has 4 rings (SSSR count). The van der Waals surface area contributed by atoms with Crippen LogP contribution in [-0.2, 0) is 23.1 Å². The number of imidazole rings is 1. The maximum Gasteiger partial charge on any atom is 0.490 e. The van der Waals surface area contributed by atoms with Crippen LogP contribution in [0.3, 0.4) is 0 Å². The monoisotopic (exact) mass is 454 g/mol. The van der Waals surface area contributed by atoms with E-state index in [9.17, 15) is 13.2 Å². The fourth-order valence-corrected chi connectivity index (χ4v) is 4.28. The number of anilines is 1. The third-order valence-electron chi connectivity index (χ3n) is 5.76. The number of carboxylic acid groups (broad SMARTS) is 1. The summed E-state index contributed by atoms with van der Waals surface area (Å²) < 4.78 is 40.2. The quantitative estimate of drug-likeness (QED) is 0.735. The molecule has 176 valence electrons. The van der Waals surface area contributed by atoms with Crippen molar-refractivity contribution in [2.75, 3.05) is 25.0 Å². The first-order valence-electron chi connectivity index (χ1n) is 10.5. The summed E-state index contributed by atoms with van der Waals surface area (Å²) in [5.41, 5.74) is 3.77. The first-order valence-corrected chi connectivity index (χ1v) is 10.5. The van der Waals surface area contributed by atoms with Crippen LogP contribution >= 0.6 is 0 Å². The number of rotatable bonds is 4. The van der Waals surface area contributed by atoms with Crippen molar-refractivity contribution in [2.45, 2.75) is 50.6 Å². The summed E-state index contributed by atoms with van der Waals surface area (Å²) >= 11 is 0. The number of aromatic nitrogens is 2. The van der Waals surface area contributed by atoms with Crippen molar-refractivity contribution < 1.29 is 27.8 Å². The van der Waals surface area contributed by atoms with Crippen molar-refractivity contribution in [3.05, 3.63) is 48.0 Å². The number of carbonyl (C=O) groups is 1. The number of hydrogen-bond donors (Lipinski definition) is 2. The van der Waals surface area contributed by atoms with Gasteiger partial charge in [0.15, 0.2) is 0 Å². The Morgan fingerprint density at radius 3 is 2.78 bits per heavy atom. The number of nitrogens with one attached hydrogen (secondary N) is 1. The van der Waals surface area contributed by atoms with Gasteiger partial charge in [-0.05, 0) is 50.4 Å². The number of aliphatic carboxylic acids is 1. The Bertz CT molecular complexity index is 918. The number of nitrogens with zero attached hydrogens (tertiary/aromatic N) is 3. The second-order valence-electron chi connectivity index (χ2n) is 8.52. The van der Waals surface area contributed by atoms with E-state index in [1.165, 1.54) is 29.8 Å². The van der Waals surface area contributed by atoms with Crippen molar-refractivity contribution >= 4 is 11.7 Å². The second kappa shape index (κ2) is 9.91. The van der Waals surface area contributed by atoms with E-state index in [0.717, 1.165) is 32.7 Å². The van der Waals surface area contributed by atoms with E-state index >= 15 is 0 Å². The highest BCUT2D eigenvalue weighted by Gasteiger charge is 2.43. The lowest BCUT2D eigenvalue weighted by molar-refractivity contribution is -0.192. The van der Waals surface area contributed by atoms with Gasteiger partial charge in [0.25, 0.3) is 0 Å². The Hall–Kier alpha value is -2.59. The molecule has 2 unspecified atom stereocenters. The van der Waals surface area contributed by atoms with Crippen molar-refractivity contribution in [2.24, 2.45) is 7.05 Å². The smallest absolute Gasteiger partial charge is 0.475 e. The molecule has 32 heavy (non-hydrogen) atoms. The Labute approximate surface area is 185 Å². The van der Waals surface area contributed by atoms with Gasteiger partial charge in [0, 0.05) is 32.0 Å². The van der Waals surface area contributed by atoms with Crippen LogP contribution in [0.2, 0.25) is 0 Å². The Balaban J connectivity index is 0.000000360. The van der Waals surface area contributed by atoms with Crippen LogP contribution in [0.25, 0.3) is 0 Å². The van der Waals surface area contributed by atoms with Crippen molar-refractivity contribution in [1.82, 2.24) is 14.5 Å². The van der Waals surface area contributed by atoms with E-state index in [4.69, 9.17) is 14.6 Å². The van der Waals surface area contributed by atoms with Crippen LogP contribution in [0.15, 0.2) is 36.8 Å². The lowest BCUT2D eigenvalue weighted by Gasteiger charge is -2.39. The number of alkyl halides is 3. The second-order valence-corrected chi connectivity index (χ2v) is 8.52. The number of likely N-dealkylation sites (tertiary alicyclic amines) is 1. The topological polar surface area (TPSA) is 79.6 Å². The summed E-state index contributed by atoms with van der Waals surface area (Å²) in [5, 5.41) is 10.8. The molecule has 2 saturated heterocycles. The number of piperidine rings is 1. The van der Waals surface area contributed by atoms with E-state index in [0.29, 0.717) is 6.04 Å². The average molecular weight is 454 g/mol. The molecular formula is C22H29F3N4O3. The van der Waals surface area contributed by atoms with Gasteiger partial charge in [-0.15, -0.1) is 0 Å². The zero-order chi connectivity index (χ0) is 23.4. The molecule has 0 saturated carbocycles. The highest BCUT2D eigenvalue weighted by atomic mass is 19.4. The van der Waals surface area contributed by atoms with E-state index in [-0.39, 0.29) is 5.60 Å². The van der Waals surface area contributed by atoms with Crippen LogP contribution < -0.4 is 5.32 Å². The maximum atomic E-state index is 10.6. The summed E-state index contributed by atoms with van der Waals surface area (Å²) in [6.07, 6.45) is 2.22. The largest absolute Gasteiger partial charge is 0.490 e. The molecule has 0 aliphatic carbocycles. The highest BCUT2D eigenvalue weighted by Crippen LogP contribution is 2.36. The number of hydrogen-bond acceptors (Lipinski definition) is 5. The van der Waals surface area contributed by atoms with E-state index in [1.54, 1.807) is 0 Å². The molecule has 1 spiro atoms. The summed E-state index contributed by atoms with van der Waals surface area (Å²) in [6, 6.07) is 9.00. The molecule has 2 atom stereocenters. The number of aryl methyl sites for hydroxylation is 2. The molecule has 10 heteroatoms. The predicted molar refractivity (Wildman–Crippen MR) is 113 cm³/mol. The van der Waals surface area contributed by atoms with Gasteiger partial charge < -0.3 is 19.7 Å². The zero-order valence-electron chi connectivity index (χ0n) is 18.2. The van der Waals surface area contributed by atoms with E-state index in [2.05, 4.69) is 58.0 Å². The van der Waals surface area contributed by atoms with Gasteiger partial charge in [-0.25, -0.2) is 9.78 Å². The third kappa shape index (κ3) is 6.46. The molecule has 0 bridgehead atoms. The van der Waals surface area contributed by atoms with Gasteiger partial charge in [-0.1, -0.05) is 12.1 Å². The van der Waals surface area contributed by atoms with E-state index in [1.807, 2.05) is 12.5 Å². The standard InChI is InChI=1S/C20H28N4O.C2HF3O2/c1-16-5-3-6-17(9-16)22-18-10-20(25-13-18)7-4-8-24(14-20)12-19-11-21-15-23(19)2;3-2(4,5)1(6)7/h3,5-6,9,11,15,18,22H,4,7-8,10,12-14H2,1-2H3;(H,6,7). The first kappa shape index (κ1) is 24.1. The number of halogens is 3. The summed E-state index contributed by atoms with van der Waals surface area (Å²) in [4.78, 5) is 15.7. The lowest BCUT2D eigenvalue weighted by atomic mass is 9.88. The highest BCUT2D eigenvalue weighted by molar-refractivity contribution is 5.73. The van der Waals surface area contributed by atoms with Crippen molar-refractivity contribution in [1.29, 1.82) is 0 Å². The van der Waals surface area contributed by atoms with Gasteiger partial charge in [0.2, 0.25) is 0 Å². The molecule has 2 aliphatic heterocycles. The summed E-state index contributed by atoms with van der Waals surface area (Å²) in [5.74, 6) is -2.76. The third-order valence-corrected chi connectivity index (χ3v) is 5.76. The van der Waals surface area contributed by atoms with Crippen LogP contribution in [-0.4, -0.2) is 63.0 Å². The fraction of sp³-hybridized carbons (Fsp3) is 0.545. The molecule has 0 radical (unpaired) electrons. The summed E-state index contributed by atoms with van der Waals surface area (Å²) in [6.45, 7) is 6.05. The first-order chi connectivity index (χ1) is 15.1. The molecule has 2 aromatic rings. The van der Waals surface area contributed by atoms with Crippen LogP contribution in [0.4, 0.5) is 18.9 Å². The average Bonchev–Trinajstić information content (AvgIpc) is 3.28. The van der Waals surface area contributed by atoms with Gasteiger partial charge in [0.05, 0.1) is 30.3 Å². The minimum Gasteiger partial charge on any atom is -0.475 e. The van der Waals surface area contributed by atoms with Crippen LogP contribution in [0, 0.1) is 6.92 Å². The van der Waals surface area contributed by atoms with Gasteiger partial charge in [0.1, 0.15) is 0 Å². The Morgan fingerprint density at radius 1 is 1.41 bits per heavy atom. The molecule has 1 aromatic heterocycles. The lowest BCUT2D eigenvalue weighted by Crippen LogP contribution is -2.47. The molecule has 1 aromatic carbocycles. The molecule has 3 heterocycles. The van der Waals surface area contributed by atoms with Crippen molar-refractivity contribution in [3.63, 3.8) is 0 Å². The number of benzene rings is 1. The fourth-order valence-electron chi connectivity index (χ4n) is 4.28. The molecule has 0 amide bonds. The van der Waals surface area contributed by atoms with Crippen LogP contribution in [0.5, 0.6) is 0 Å². The van der Waals surface area contributed by atoms with E-state index < -0.39 is 12.1 Å². The molecule has 2 N–H and O–H groups in total. The van der Waals surface area contributed by atoms with Crippen LogP contribution in [0.1, 0.15) is 30.5 Å². The SMILES string of the molecule is Cc1cccc(NC2COC3(CCCN(Cc4cncn4C)C3)C2)c1.O=C(O)C(F)(F)F. The molecule has 2 aliphatic rings. The molecular weight excluding hydrogens is 425 g/mol. The summed E-state index contributed by atoms with van der Waals surface area (Å²) in [7, 11) is 2.07. The Morgan fingerprint density at radius 2 is 2.16 bits per heavy atom. The van der Waals surface area contributed by atoms with Gasteiger partial charge in [-0.3, -0.25) is 4.90 Å². The zero-order valence-corrected chi connectivity index (χ0v) is 18.2. The van der Waals surface area contributed by atoms with Gasteiger partial charge in [-0.2, -0.15) is 13.2 Å². The Kier molecular flexibility index (Phi) is 7.45. The van der Waals surface area contributed by atoms with Gasteiger partial charge >= 0.3 is 12.1 Å². The number of carboxylic acids is 1.